The van der Waals surface area contributed by atoms with Crippen LogP contribution in [0.25, 0.3) is 6.08 Å². The van der Waals surface area contributed by atoms with E-state index in [2.05, 4.69) is 9.80 Å². The lowest BCUT2D eigenvalue weighted by atomic mass is 10.0. The van der Waals surface area contributed by atoms with Gasteiger partial charge < -0.3 is 19.6 Å². The number of allylic oxidation sites excluding steroid dienone is 1. The average Bonchev–Trinajstić information content (AvgIpc) is 3.11. The number of rotatable bonds is 5. The SMILES string of the molecule is COc1cc2c(cc1C=C(C#N)C#N)N(CCC(=O)O)CC1CCCN21. The third-order valence-electron chi connectivity index (χ3n) is 4.92. The standard InChI is InChI=1S/C19H20N4O3/c1-26-18-9-17-16(8-14(18)7-13(10-20)11-21)22(6-4-19(24)25)12-15-3-2-5-23(15)17/h7-9,15H,2-6,12H2,1H3,(H,24,25). The first kappa shape index (κ1) is 17.6. The number of hydrogen-bond donors (Lipinski definition) is 1. The summed E-state index contributed by atoms with van der Waals surface area (Å²) < 4.78 is 5.48. The molecule has 26 heavy (non-hydrogen) atoms. The number of ether oxygens (including phenoxy) is 1. The number of nitriles is 2. The molecule has 1 fully saturated rings. The molecule has 2 heterocycles. The van der Waals surface area contributed by atoms with Crippen molar-refractivity contribution in [1.29, 1.82) is 10.5 Å². The Hall–Kier alpha value is -3.19. The van der Waals surface area contributed by atoms with Crippen molar-refractivity contribution in [2.24, 2.45) is 0 Å². The molecule has 0 saturated carbocycles. The van der Waals surface area contributed by atoms with Gasteiger partial charge in [-0.15, -0.1) is 0 Å². The van der Waals surface area contributed by atoms with Crippen LogP contribution >= 0.6 is 0 Å². The second kappa shape index (κ2) is 7.37. The highest BCUT2D eigenvalue weighted by Gasteiger charge is 2.34. The molecule has 1 saturated heterocycles. The van der Waals surface area contributed by atoms with Crippen molar-refractivity contribution >= 4 is 23.4 Å². The zero-order valence-corrected chi connectivity index (χ0v) is 14.6. The molecule has 134 valence electrons. The molecule has 7 heteroatoms. The summed E-state index contributed by atoms with van der Waals surface area (Å²) in [6, 6.07) is 7.91. The molecule has 7 nitrogen and oxygen atoms in total. The molecule has 1 unspecified atom stereocenters. The molecule has 0 bridgehead atoms. The van der Waals surface area contributed by atoms with Gasteiger partial charge in [-0.1, -0.05) is 0 Å². The third kappa shape index (κ3) is 3.29. The minimum Gasteiger partial charge on any atom is -0.496 e. The first-order chi connectivity index (χ1) is 12.6. The molecule has 0 spiro atoms. The first-order valence-corrected chi connectivity index (χ1v) is 8.54. The Bertz CT molecular complexity index is 818. The van der Waals surface area contributed by atoms with Crippen LogP contribution in [0.5, 0.6) is 5.75 Å². The van der Waals surface area contributed by atoms with Gasteiger partial charge in [0.1, 0.15) is 23.5 Å². The van der Waals surface area contributed by atoms with Crippen molar-refractivity contribution in [2.45, 2.75) is 25.3 Å². The van der Waals surface area contributed by atoms with E-state index in [0.717, 1.165) is 37.3 Å². The Labute approximate surface area is 152 Å². The fourth-order valence-corrected chi connectivity index (χ4v) is 3.73. The summed E-state index contributed by atoms with van der Waals surface area (Å²) in [5.74, 6) is -0.234. The average molecular weight is 352 g/mol. The topological polar surface area (TPSA) is 101 Å². The fraction of sp³-hybridized carbons (Fsp3) is 0.421. The molecule has 1 N–H and O–H groups in total. The van der Waals surface area contributed by atoms with Crippen LogP contribution in [0.4, 0.5) is 11.4 Å². The van der Waals surface area contributed by atoms with Gasteiger partial charge in [0.05, 0.1) is 24.9 Å². The molecule has 3 rings (SSSR count). The summed E-state index contributed by atoms with van der Waals surface area (Å²) in [5.41, 5.74) is 2.58. The van der Waals surface area contributed by atoms with Crippen molar-refractivity contribution in [2.75, 3.05) is 36.5 Å². The quantitative estimate of drug-likeness (QED) is 0.812. The summed E-state index contributed by atoms with van der Waals surface area (Å²) in [7, 11) is 1.56. The molecule has 0 radical (unpaired) electrons. The normalized spacial score (nSPS) is 17.6. The van der Waals surface area contributed by atoms with Gasteiger partial charge >= 0.3 is 5.97 Å². The van der Waals surface area contributed by atoms with E-state index in [1.165, 1.54) is 6.08 Å². The number of hydrogen-bond acceptors (Lipinski definition) is 6. The lowest BCUT2D eigenvalue weighted by Gasteiger charge is -2.41. The van der Waals surface area contributed by atoms with Gasteiger partial charge in [-0.3, -0.25) is 4.79 Å². The van der Waals surface area contributed by atoms with Crippen molar-refractivity contribution in [1.82, 2.24) is 0 Å². The van der Waals surface area contributed by atoms with Crippen LogP contribution in [-0.2, 0) is 4.79 Å². The van der Waals surface area contributed by atoms with E-state index in [-0.39, 0.29) is 12.0 Å². The highest BCUT2D eigenvalue weighted by Crippen LogP contribution is 2.43. The molecule has 1 aromatic carbocycles. The van der Waals surface area contributed by atoms with Gasteiger partial charge in [0.15, 0.2) is 0 Å². The maximum atomic E-state index is 11.0. The van der Waals surface area contributed by atoms with E-state index in [4.69, 9.17) is 20.4 Å². The Morgan fingerprint density at radius 1 is 1.38 bits per heavy atom. The number of methoxy groups -OCH3 is 1. The monoisotopic (exact) mass is 352 g/mol. The molecule has 2 aliphatic heterocycles. The smallest absolute Gasteiger partial charge is 0.305 e. The Morgan fingerprint density at radius 2 is 2.15 bits per heavy atom. The maximum Gasteiger partial charge on any atom is 0.305 e. The lowest BCUT2D eigenvalue weighted by Crippen LogP contribution is -2.46. The molecular weight excluding hydrogens is 332 g/mol. The zero-order valence-electron chi connectivity index (χ0n) is 14.6. The number of carbonyl (C=O) groups is 1. The summed E-state index contributed by atoms with van der Waals surface area (Å²) >= 11 is 0. The van der Waals surface area contributed by atoms with Gasteiger partial charge in [-0.25, -0.2) is 0 Å². The number of carboxylic acid groups (broad SMARTS) is 1. The van der Waals surface area contributed by atoms with Crippen LogP contribution in [0.3, 0.4) is 0 Å². The Morgan fingerprint density at radius 3 is 2.81 bits per heavy atom. The second-order valence-corrected chi connectivity index (χ2v) is 6.44. The van der Waals surface area contributed by atoms with Crippen molar-refractivity contribution in [3.05, 3.63) is 23.3 Å². The van der Waals surface area contributed by atoms with E-state index >= 15 is 0 Å². The number of benzene rings is 1. The van der Waals surface area contributed by atoms with Crippen molar-refractivity contribution in [3.63, 3.8) is 0 Å². The predicted molar refractivity (Wildman–Crippen MR) is 97.0 cm³/mol. The van der Waals surface area contributed by atoms with Crippen LogP contribution in [0.2, 0.25) is 0 Å². The van der Waals surface area contributed by atoms with Crippen molar-refractivity contribution < 1.29 is 14.6 Å². The molecule has 1 atom stereocenters. The highest BCUT2D eigenvalue weighted by atomic mass is 16.5. The third-order valence-corrected chi connectivity index (χ3v) is 4.92. The highest BCUT2D eigenvalue weighted by molar-refractivity contribution is 5.82. The minimum atomic E-state index is -0.828. The number of aliphatic carboxylic acids is 1. The van der Waals surface area contributed by atoms with Crippen molar-refractivity contribution in [3.8, 4) is 17.9 Å². The van der Waals surface area contributed by atoms with Gasteiger partial charge in [0.25, 0.3) is 0 Å². The molecule has 0 aliphatic carbocycles. The molecule has 0 aromatic heterocycles. The van der Waals surface area contributed by atoms with Gasteiger partial charge in [-0.05, 0) is 25.0 Å². The first-order valence-electron chi connectivity index (χ1n) is 8.54. The zero-order chi connectivity index (χ0) is 18.7. The molecule has 2 aliphatic rings. The van der Waals surface area contributed by atoms with E-state index in [1.54, 1.807) is 7.11 Å². The van der Waals surface area contributed by atoms with E-state index in [1.807, 2.05) is 24.3 Å². The summed E-state index contributed by atoms with van der Waals surface area (Å²) in [6.45, 7) is 2.16. The minimum absolute atomic E-state index is 0.00445. The second-order valence-electron chi connectivity index (χ2n) is 6.44. The number of nitrogens with zero attached hydrogens (tertiary/aromatic N) is 4. The van der Waals surface area contributed by atoms with Crippen LogP contribution in [0.15, 0.2) is 17.7 Å². The van der Waals surface area contributed by atoms with Crippen LogP contribution in [-0.4, -0.2) is 43.9 Å². The van der Waals surface area contributed by atoms with Gasteiger partial charge in [-0.2, -0.15) is 10.5 Å². The number of fused-ring (bicyclic) bond motifs is 3. The largest absolute Gasteiger partial charge is 0.496 e. The van der Waals surface area contributed by atoms with Crippen LogP contribution in [0, 0.1) is 22.7 Å². The van der Waals surface area contributed by atoms with Crippen LogP contribution in [0.1, 0.15) is 24.8 Å². The molecule has 0 amide bonds. The molecule has 1 aromatic rings. The van der Waals surface area contributed by atoms with Crippen LogP contribution < -0.4 is 14.5 Å². The summed E-state index contributed by atoms with van der Waals surface area (Å²) in [5, 5.41) is 27.1. The van der Waals surface area contributed by atoms with E-state index in [9.17, 15) is 4.79 Å². The predicted octanol–water partition coefficient (Wildman–Crippen LogP) is 2.39. The molecular formula is C19H20N4O3. The van der Waals surface area contributed by atoms with E-state index < -0.39 is 5.97 Å². The fourth-order valence-electron chi connectivity index (χ4n) is 3.73. The summed E-state index contributed by atoms with van der Waals surface area (Å²) in [4.78, 5) is 15.5. The van der Waals surface area contributed by atoms with E-state index in [0.29, 0.717) is 23.9 Å². The van der Waals surface area contributed by atoms with Gasteiger partial charge in [0.2, 0.25) is 0 Å². The number of carboxylic acids is 1. The Kier molecular flexibility index (Phi) is 4.99. The summed E-state index contributed by atoms with van der Waals surface area (Å²) in [6.07, 6.45) is 3.75. The number of anilines is 2. The maximum absolute atomic E-state index is 11.0. The lowest BCUT2D eigenvalue weighted by molar-refractivity contribution is -0.136. The Balaban J connectivity index is 2.08. The van der Waals surface area contributed by atoms with Gasteiger partial charge in [0, 0.05) is 37.3 Å².